The Kier molecular flexibility index (Phi) is 3.79. The quantitative estimate of drug-likeness (QED) is 0.815. The number of hydrogen-bond acceptors (Lipinski definition) is 4. The third-order valence-corrected chi connectivity index (χ3v) is 2.83. The summed E-state index contributed by atoms with van der Waals surface area (Å²) in [6, 6.07) is 6.29. The van der Waals surface area contributed by atoms with Gasteiger partial charge in [0.2, 0.25) is 5.91 Å². The van der Waals surface area contributed by atoms with Crippen molar-refractivity contribution in [1.82, 2.24) is 20.2 Å². The zero-order chi connectivity index (χ0) is 14.7. The van der Waals surface area contributed by atoms with Crippen molar-refractivity contribution in [3.8, 4) is 0 Å². The molecule has 0 bridgehead atoms. The van der Waals surface area contributed by atoms with Crippen molar-refractivity contribution in [2.45, 2.75) is 13.5 Å². The summed E-state index contributed by atoms with van der Waals surface area (Å²) in [4.78, 5) is 39.3. The fourth-order valence-electron chi connectivity index (χ4n) is 1.84. The number of rotatable bonds is 2. The van der Waals surface area contributed by atoms with Crippen LogP contribution in [0, 0.1) is 6.92 Å². The monoisotopic (exact) mass is 274 g/mol. The predicted molar refractivity (Wildman–Crippen MR) is 73.3 cm³/mol. The minimum atomic E-state index is -0.616. The van der Waals surface area contributed by atoms with Gasteiger partial charge in [-0.2, -0.15) is 0 Å². The van der Waals surface area contributed by atoms with Crippen molar-refractivity contribution in [3.63, 3.8) is 0 Å². The Balaban J connectivity index is 2.37. The van der Waals surface area contributed by atoms with Crippen molar-refractivity contribution < 1.29 is 9.59 Å². The minimum Gasteiger partial charge on any atom is -0.341 e. The number of hydrogen-bond donors (Lipinski definition) is 2. The van der Waals surface area contributed by atoms with Gasteiger partial charge < -0.3 is 5.32 Å². The van der Waals surface area contributed by atoms with Gasteiger partial charge in [-0.25, -0.2) is 9.78 Å². The van der Waals surface area contributed by atoms with E-state index in [9.17, 15) is 14.4 Å². The second-order valence-corrected chi connectivity index (χ2v) is 4.19. The third kappa shape index (κ3) is 2.66. The zero-order valence-corrected chi connectivity index (χ0v) is 11.1. The number of fused-ring (bicyclic) bond motifs is 1. The van der Waals surface area contributed by atoms with E-state index in [1.54, 1.807) is 31.2 Å². The van der Waals surface area contributed by atoms with Gasteiger partial charge in [-0.3, -0.25) is 19.5 Å². The van der Waals surface area contributed by atoms with Crippen molar-refractivity contribution in [3.05, 3.63) is 40.4 Å². The maximum atomic E-state index is 12.3. The van der Waals surface area contributed by atoms with Gasteiger partial charge in [-0.05, 0) is 19.1 Å². The summed E-state index contributed by atoms with van der Waals surface area (Å²) in [5.41, 5.74) is 0.276. The number of carbonyl (C=O) groups is 2. The van der Waals surface area contributed by atoms with Crippen LogP contribution >= 0.6 is 0 Å². The molecule has 0 aliphatic heterocycles. The highest BCUT2D eigenvalue weighted by Gasteiger charge is 2.12. The molecule has 3 amide bonds. The van der Waals surface area contributed by atoms with E-state index >= 15 is 0 Å². The summed E-state index contributed by atoms with van der Waals surface area (Å²) in [6.07, 6.45) is 0. The molecule has 0 fully saturated rings. The standard InChI is InChI=1S/C13H14N4O3/c1-8-15-10-6-4-3-5-9(10)12(19)17(8)7-11(18)16-13(20)14-2/h3-6H,7H2,1-2H3,(H2,14,16,18,20). The van der Waals surface area contributed by atoms with Crippen molar-refractivity contribution >= 4 is 22.8 Å². The summed E-state index contributed by atoms with van der Waals surface area (Å²) in [5, 5.41) is 4.81. The molecule has 104 valence electrons. The molecule has 0 saturated carbocycles. The van der Waals surface area contributed by atoms with E-state index in [4.69, 9.17) is 0 Å². The minimum absolute atomic E-state index is 0.254. The number of nitrogens with one attached hydrogen (secondary N) is 2. The summed E-state index contributed by atoms with van der Waals surface area (Å²) in [7, 11) is 1.40. The summed E-state index contributed by atoms with van der Waals surface area (Å²) >= 11 is 0. The fourth-order valence-corrected chi connectivity index (χ4v) is 1.84. The van der Waals surface area contributed by atoms with Crippen LogP contribution in [0.5, 0.6) is 0 Å². The van der Waals surface area contributed by atoms with Crippen LogP contribution < -0.4 is 16.2 Å². The van der Waals surface area contributed by atoms with E-state index in [0.29, 0.717) is 16.7 Å². The highest BCUT2D eigenvalue weighted by molar-refractivity contribution is 5.94. The Labute approximate surface area is 114 Å². The maximum absolute atomic E-state index is 12.3. The number of imide groups is 1. The topological polar surface area (TPSA) is 93.1 Å². The molecule has 20 heavy (non-hydrogen) atoms. The Bertz CT molecular complexity index is 736. The third-order valence-electron chi connectivity index (χ3n) is 2.83. The molecule has 0 spiro atoms. The van der Waals surface area contributed by atoms with E-state index in [1.165, 1.54) is 11.6 Å². The number of carbonyl (C=O) groups excluding carboxylic acids is 2. The number of para-hydroxylation sites is 1. The fraction of sp³-hybridized carbons (Fsp3) is 0.231. The van der Waals surface area contributed by atoms with E-state index in [1.807, 2.05) is 0 Å². The summed E-state index contributed by atoms with van der Waals surface area (Å²) in [5.74, 6) is -0.160. The van der Waals surface area contributed by atoms with Crippen LogP contribution in [0.25, 0.3) is 10.9 Å². The molecule has 0 aliphatic rings. The number of benzene rings is 1. The first-order valence-corrected chi connectivity index (χ1v) is 6.00. The Morgan fingerprint density at radius 2 is 2.00 bits per heavy atom. The van der Waals surface area contributed by atoms with E-state index in [-0.39, 0.29) is 12.1 Å². The molecule has 1 aromatic heterocycles. The maximum Gasteiger partial charge on any atom is 0.321 e. The predicted octanol–water partition coefficient (Wildman–Crippen LogP) is 0.161. The zero-order valence-electron chi connectivity index (χ0n) is 11.1. The smallest absolute Gasteiger partial charge is 0.321 e. The SMILES string of the molecule is CNC(=O)NC(=O)Cn1c(C)nc2ccccc2c1=O. The van der Waals surface area contributed by atoms with Gasteiger partial charge in [0.25, 0.3) is 5.56 Å². The molecule has 2 rings (SSSR count). The van der Waals surface area contributed by atoms with E-state index < -0.39 is 11.9 Å². The Hall–Kier alpha value is -2.70. The van der Waals surface area contributed by atoms with Gasteiger partial charge in [0.15, 0.2) is 0 Å². The first-order chi connectivity index (χ1) is 9.52. The lowest BCUT2D eigenvalue weighted by molar-refractivity contribution is -0.120. The molecule has 7 nitrogen and oxygen atoms in total. The molecule has 0 aliphatic carbocycles. The molecule has 7 heteroatoms. The highest BCUT2D eigenvalue weighted by atomic mass is 16.2. The second kappa shape index (κ2) is 5.52. The lowest BCUT2D eigenvalue weighted by Gasteiger charge is -2.10. The van der Waals surface area contributed by atoms with Crippen LogP contribution in [0.1, 0.15) is 5.82 Å². The first kappa shape index (κ1) is 13.7. The van der Waals surface area contributed by atoms with Crippen molar-refractivity contribution in [2.24, 2.45) is 0 Å². The van der Waals surface area contributed by atoms with Gasteiger partial charge in [-0.1, -0.05) is 12.1 Å². The number of nitrogens with zero attached hydrogens (tertiary/aromatic N) is 2. The van der Waals surface area contributed by atoms with Crippen LogP contribution in [-0.2, 0) is 11.3 Å². The van der Waals surface area contributed by atoms with Gasteiger partial charge in [0.1, 0.15) is 12.4 Å². The number of amides is 3. The molecule has 2 aromatic rings. The number of aromatic nitrogens is 2. The van der Waals surface area contributed by atoms with Gasteiger partial charge in [0.05, 0.1) is 10.9 Å². The van der Waals surface area contributed by atoms with Gasteiger partial charge >= 0.3 is 6.03 Å². The molecule has 0 atom stereocenters. The van der Waals surface area contributed by atoms with Crippen LogP contribution in [-0.4, -0.2) is 28.5 Å². The number of aryl methyl sites for hydroxylation is 1. The van der Waals surface area contributed by atoms with Gasteiger partial charge in [0, 0.05) is 7.05 Å². The number of urea groups is 1. The molecule has 2 N–H and O–H groups in total. The molecule has 0 radical (unpaired) electrons. The van der Waals surface area contributed by atoms with Crippen LogP contribution in [0.4, 0.5) is 4.79 Å². The summed E-state index contributed by atoms with van der Waals surface area (Å²) in [6.45, 7) is 1.39. The Morgan fingerprint density at radius 3 is 2.70 bits per heavy atom. The first-order valence-electron chi connectivity index (χ1n) is 6.00. The Morgan fingerprint density at radius 1 is 1.30 bits per heavy atom. The molecular formula is C13H14N4O3. The molecule has 0 saturated heterocycles. The van der Waals surface area contributed by atoms with Crippen LogP contribution in [0.3, 0.4) is 0 Å². The van der Waals surface area contributed by atoms with Crippen molar-refractivity contribution in [2.75, 3.05) is 7.05 Å². The van der Waals surface area contributed by atoms with E-state index in [0.717, 1.165) is 0 Å². The normalized spacial score (nSPS) is 10.3. The molecule has 1 heterocycles. The largest absolute Gasteiger partial charge is 0.341 e. The average molecular weight is 274 g/mol. The second-order valence-electron chi connectivity index (χ2n) is 4.19. The van der Waals surface area contributed by atoms with Crippen LogP contribution in [0.2, 0.25) is 0 Å². The average Bonchev–Trinajstić information content (AvgIpc) is 2.43. The molecule has 0 unspecified atom stereocenters. The molecule has 1 aromatic carbocycles. The summed E-state index contributed by atoms with van der Waals surface area (Å²) < 4.78 is 1.24. The van der Waals surface area contributed by atoms with Crippen LogP contribution in [0.15, 0.2) is 29.1 Å². The van der Waals surface area contributed by atoms with Crippen molar-refractivity contribution in [1.29, 1.82) is 0 Å². The highest BCUT2D eigenvalue weighted by Crippen LogP contribution is 2.07. The van der Waals surface area contributed by atoms with Gasteiger partial charge in [-0.15, -0.1) is 0 Å². The lowest BCUT2D eigenvalue weighted by Crippen LogP contribution is -2.41. The lowest BCUT2D eigenvalue weighted by atomic mass is 10.2. The van der Waals surface area contributed by atoms with E-state index in [2.05, 4.69) is 15.6 Å². The molecular weight excluding hydrogens is 260 g/mol.